The third-order valence-electron chi connectivity index (χ3n) is 26.6. The minimum Gasteiger partial charge on any atom is -0.458 e. The Kier molecular flexibility index (Phi) is 17.8. The van der Waals surface area contributed by atoms with E-state index in [1.165, 1.54) is 99.1 Å². The van der Waals surface area contributed by atoms with Gasteiger partial charge in [-0.05, 0) is 238 Å². The molecule has 7 heteroatoms. The maximum absolute atomic E-state index is 10.5. The second kappa shape index (κ2) is 29.5. The van der Waals surface area contributed by atoms with Crippen LogP contribution in [-0.4, -0.2) is 13.4 Å². The molecule has 4 aliphatic rings. The molecule has 0 aromatic heterocycles. The minimum atomic E-state index is -0.314. The van der Waals surface area contributed by atoms with E-state index in [1.54, 1.807) is 0 Å². The first kappa shape index (κ1) is 74.3. The zero-order chi connectivity index (χ0) is 82.8. The quantitative estimate of drug-likeness (QED) is 0.0901. The predicted octanol–water partition coefficient (Wildman–Crippen LogP) is 26.3. The maximum Gasteiger partial charge on any atom is 0.260 e. The molecule has 5 nitrogen and oxygen atoms in total. The molecule has 0 aliphatic carbocycles. The zero-order valence-electron chi connectivity index (χ0n) is 69.3. The van der Waals surface area contributed by atoms with Gasteiger partial charge in [0.25, 0.3) is 13.4 Å². The van der Waals surface area contributed by atoms with Crippen molar-refractivity contribution in [2.75, 3.05) is 0 Å². The lowest BCUT2D eigenvalue weighted by Gasteiger charge is -2.35. The Morgan fingerprint density at radius 1 is 0.203 bits per heavy atom. The first-order valence-corrected chi connectivity index (χ1v) is 42.6. The third kappa shape index (κ3) is 12.5. The van der Waals surface area contributed by atoms with Crippen molar-refractivity contribution in [3.8, 4) is 119 Å². The highest BCUT2D eigenvalue weighted by Gasteiger charge is 2.44. The van der Waals surface area contributed by atoms with Crippen LogP contribution in [0.5, 0.6) is 46.0 Å². The second-order valence-electron chi connectivity index (χ2n) is 34.7. The summed E-state index contributed by atoms with van der Waals surface area (Å²) in [6.45, 7) is 13.7. The van der Waals surface area contributed by atoms with Crippen LogP contribution >= 0.6 is 0 Å². The van der Waals surface area contributed by atoms with E-state index in [4.69, 9.17) is 18.9 Å². The summed E-state index contributed by atoms with van der Waals surface area (Å²) < 4.78 is 27.6. The van der Waals surface area contributed by atoms with Crippen molar-refractivity contribution in [1.82, 2.24) is 0 Å². The normalized spacial score (nSPS) is 12.7. The largest absolute Gasteiger partial charge is 0.458 e. The topological polar surface area (TPSA) is 60.7 Å². The van der Waals surface area contributed by atoms with Crippen LogP contribution in [0.15, 0.2) is 394 Å². The smallest absolute Gasteiger partial charge is 0.260 e. The number of nitrogens with zero attached hydrogens (tertiary/aromatic N) is 1. The summed E-state index contributed by atoms with van der Waals surface area (Å²) in [5.41, 5.74) is 27.4. The van der Waals surface area contributed by atoms with Gasteiger partial charge in [-0.2, -0.15) is 5.26 Å². The summed E-state index contributed by atoms with van der Waals surface area (Å²) in [6.07, 6.45) is 0. The molecule has 0 saturated carbocycles. The van der Waals surface area contributed by atoms with Crippen molar-refractivity contribution in [2.24, 2.45) is 0 Å². The molecule has 4 heterocycles. The molecule has 19 aromatic rings. The summed E-state index contributed by atoms with van der Waals surface area (Å²) >= 11 is 0. The van der Waals surface area contributed by atoms with E-state index in [2.05, 4.69) is 424 Å². The van der Waals surface area contributed by atoms with E-state index < -0.39 is 0 Å². The molecule has 0 N–H and O–H groups in total. The van der Waals surface area contributed by atoms with E-state index >= 15 is 0 Å². The first-order valence-electron chi connectivity index (χ1n) is 42.6. The molecule has 123 heavy (non-hydrogen) atoms. The van der Waals surface area contributed by atoms with Gasteiger partial charge in [-0.25, -0.2) is 0 Å². The van der Waals surface area contributed by atoms with Crippen molar-refractivity contribution in [2.45, 2.75) is 57.8 Å². The van der Waals surface area contributed by atoms with Crippen LogP contribution in [0.4, 0.5) is 0 Å². The number of para-hydroxylation sites is 2. The van der Waals surface area contributed by atoms with Crippen LogP contribution in [0.3, 0.4) is 0 Å². The average Bonchev–Trinajstić information content (AvgIpc) is 0.723. The molecule has 582 valence electrons. The van der Waals surface area contributed by atoms with Gasteiger partial charge in [0.1, 0.15) is 46.0 Å². The molecule has 0 unspecified atom stereocenters. The number of ether oxygens (including phenoxy) is 4. The number of fused-ring (bicyclic) bond motifs is 12. The summed E-state index contributed by atoms with van der Waals surface area (Å²) in [5.74, 6) is 6.63. The minimum absolute atomic E-state index is 0.0472. The van der Waals surface area contributed by atoms with E-state index in [9.17, 15) is 5.26 Å². The maximum atomic E-state index is 10.5. The van der Waals surface area contributed by atoms with Gasteiger partial charge < -0.3 is 18.9 Å². The molecular weight excluding hydrogens is 1490 g/mol. The van der Waals surface area contributed by atoms with Crippen LogP contribution in [0.1, 0.15) is 80.5 Å². The number of nitriles is 1. The van der Waals surface area contributed by atoms with Gasteiger partial charge in [0.15, 0.2) is 0 Å². The number of benzene rings is 19. The lowest BCUT2D eigenvalue weighted by Crippen LogP contribution is -2.57. The molecule has 19 aromatic carbocycles. The van der Waals surface area contributed by atoms with E-state index in [0.29, 0.717) is 5.56 Å². The monoisotopic (exact) mass is 1580 g/mol. The summed E-state index contributed by atoms with van der Waals surface area (Å²) in [4.78, 5) is 0. The summed E-state index contributed by atoms with van der Waals surface area (Å²) in [5, 5.41) is 20.1. The van der Waals surface area contributed by atoms with Crippen molar-refractivity contribution in [1.29, 1.82) is 5.26 Å². The summed E-state index contributed by atoms with van der Waals surface area (Å²) in [6, 6.07) is 144. The van der Waals surface area contributed by atoms with Crippen molar-refractivity contribution in [3.63, 3.8) is 0 Å². The van der Waals surface area contributed by atoms with Crippen molar-refractivity contribution < 1.29 is 18.9 Å². The van der Waals surface area contributed by atoms with Gasteiger partial charge >= 0.3 is 0 Å². The number of hydrogen-bond donors (Lipinski definition) is 0. The molecular formula is C116H83B2NO4. The molecule has 0 saturated heterocycles. The highest BCUT2D eigenvalue weighted by atomic mass is 16.5. The predicted molar refractivity (Wildman–Crippen MR) is 511 cm³/mol. The molecule has 0 amide bonds. The molecule has 0 fully saturated rings. The van der Waals surface area contributed by atoms with Crippen molar-refractivity contribution >= 4 is 89.3 Å². The Bertz CT molecular complexity index is 7390. The first-order chi connectivity index (χ1) is 60.2. The zero-order valence-corrected chi connectivity index (χ0v) is 69.3. The Balaban J connectivity index is 0.000000148. The number of hydrogen-bond acceptors (Lipinski definition) is 5. The molecule has 4 aliphatic heterocycles. The second-order valence-corrected chi connectivity index (χ2v) is 34.7. The third-order valence-corrected chi connectivity index (χ3v) is 26.6. The molecule has 0 spiro atoms. The van der Waals surface area contributed by atoms with Gasteiger partial charge in [0.05, 0.1) is 11.6 Å². The van der Waals surface area contributed by atoms with Crippen LogP contribution in [0.2, 0.25) is 0 Å². The SMILES string of the molecule is CC(C)(c1ccccc1)c1cc(-c2cc3c4c(c2)Oc2ccc(C(C)(C)c5ccccc5)cc2B4c2ccccc2O3)cc(-c2c3ccccc3c(-c3ccccc3)c3ccccc23)c1.CC(C)(c1ccccc1)c1ccc2c(c1)B1c3ccccc3Oc3cc(-c4cc(C#N)cc(-c5c6ccccc6c(-c6ccccc6)c6ccccc56)c4)cc(c31)O2. The Labute approximate surface area is 718 Å². The van der Waals surface area contributed by atoms with Crippen LogP contribution < -0.4 is 51.7 Å². The van der Waals surface area contributed by atoms with E-state index in [1.807, 2.05) is 18.2 Å². The highest BCUT2D eigenvalue weighted by molar-refractivity contribution is 6.99. The Hall–Kier alpha value is -15.0. The fraction of sp³-hybridized carbons (Fsp3) is 0.0776. The fourth-order valence-corrected chi connectivity index (χ4v) is 20.1. The van der Waals surface area contributed by atoms with Crippen LogP contribution in [-0.2, 0) is 16.2 Å². The Morgan fingerprint density at radius 2 is 0.463 bits per heavy atom. The summed E-state index contributed by atoms with van der Waals surface area (Å²) in [7, 11) is 0. The van der Waals surface area contributed by atoms with E-state index in [-0.39, 0.29) is 29.7 Å². The molecule has 23 rings (SSSR count). The molecule has 0 bridgehead atoms. The van der Waals surface area contributed by atoms with Gasteiger partial charge in [-0.1, -0.05) is 363 Å². The van der Waals surface area contributed by atoms with Crippen molar-refractivity contribution in [3.05, 3.63) is 433 Å². The van der Waals surface area contributed by atoms with Gasteiger partial charge in [0.2, 0.25) is 0 Å². The van der Waals surface area contributed by atoms with Gasteiger partial charge in [0, 0.05) is 27.2 Å². The van der Waals surface area contributed by atoms with Gasteiger partial charge in [-0.3, -0.25) is 0 Å². The average molecular weight is 1580 g/mol. The van der Waals surface area contributed by atoms with Crippen LogP contribution in [0, 0.1) is 11.3 Å². The fourth-order valence-electron chi connectivity index (χ4n) is 20.1. The standard InChI is InChI=1S/C62H47BO2.C54H36BNO2/c1-61(2,44-22-10-6-11-23-44)46-32-33-55-53(39-46)63-52-30-18-19-31-54(52)64-56-37-42(38-57(65-55)60(56)63)41-34-43(36-47(35-41)62(3,4)45-24-12-7-13-25-45)59-50-28-16-14-26-48(50)58(40-20-8-5-9-21-40)49-27-15-17-29-51(49)59;1-54(2,39-17-7-4-8-18-39)40-25-26-48-46(32-40)55-45-23-13-14-24-47(45)57-49-30-37(31-50(58-48)53(49)55)36-27-34(33-56)28-38(29-36)52-43-21-11-9-19-41(43)51(35-15-5-3-6-16-35)42-20-10-12-22-44(42)52/h5-39H,1-4H3;3-32H,1-2H3. The molecule has 0 atom stereocenters. The number of rotatable bonds is 12. The lowest BCUT2D eigenvalue weighted by atomic mass is 9.34. The van der Waals surface area contributed by atoms with Gasteiger partial charge in [-0.15, -0.1) is 0 Å². The van der Waals surface area contributed by atoms with E-state index in [0.717, 1.165) is 123 Å². The lowest BCUT2D eigenvalue weighted by molar-refractivity contribution is 0.464. The highest BCUT2D eigenvalue weighted by Crippen LogP contribution is 2.51. The molecule has 0 radical (unpaired) electrons. The van der Waals surface area contributed by atoms with Crippen LogP contribution in [0.25, 0.3) is 110 Å². The Morgan fingerprint density at radius 3 is 0.813 bits per heavy atom.